The summed E-state index contributed by atoms with van der Waals surface area (Å²) in [7, 11) is 3.45. The number of anilines is 3. The van der Waals surface area contributed by atoms with E-state index in [1.54, 1.807) is 101 Å². The van der Waals surface area contributed by atoms with E-state index in [2.05, 4.69) is 47.2 Å². The van der Waals surface area contributed by atoms with Crippen LogP contribution >= 0.6 is 22.7 Å². The molecule has 3 aliphatic heterocycles. The number of aromatic nitrogens is 2. The van der Waals surface area contributed by atoms with Crippen molar-refractivity contribution in [3.05, 3.63) is 112 Å². The smallest absolute Gasteiger partial charge is 0.272 e. The Bertz CT molecular complexity index is 3410. The minimum Gasteiger partial charge on any atom is -0.485 e. The van der Waals surface area contributed by atoms with Gasteiger partial charge in [0.25, 0.3) is 10.9 Å². The van der Waals surface area contributed by atoms with Crippen LogP contribution in [0.2, 0.25) is 0 Å². The molecule has 2 aromatic heterocycles. The minimum atomic E-state index is -0.673. The molecule has 22 nitrogen and oxygen atoms in total. The van der Waals surface area contributed by atoms with Crippen molar-refractivity contribution in [1.29, 1.82) is 0 Å². The predicted molar refractivity (Wildman–Crippen MR) is 331 cm³/mol. The van der Waals surface area contributed by atoms with E-state index in [9.17, 15) is 47.9 Å². The fourth-order valence-electron chi connectivity index (χ4n) is 12.0. The molecule has 3 aromatic carbocycles. The Hall–Kier alpha value is -7.54. The number of rotatable bonds is 22. The van der Waals surface area contributed by atoms with Gasteiger partial charge in [0.1, 0.15) is 45.2 Å². The number of amides is 6. The number of carbonyl (C=O) groups excluding carboxylic acids is 8. The molecule has 0 radical (unpaired) electrons. The SMILES string of the molecule is CN[C@@H](C)C(=O)N[C@H](C(=O)N1CCC[C@H]1c1nc(C(=O)c2cccc(NC(=O)C3CC(=O)N3)c2)cs1)C1CCCCC1.CN[C@@H](C)C(=O)N[C@H](C(=O)N1CCC[C@H]1c1nc(C(=O)c2cccc(Nc3c(OC(C)C)c(=O)c3=O)c2)cs1)C1CCCCC1. The first kappa shape index (κ1) is 63.9. The third-order valence-electron chi connectivity index (χ3n) is 17.2. The van der Waals surface area contributed by atoms with Crippen molar-refractivity contribution in [3.63, 3.8) is 0 Å². The summed E-state index contributed by atoms with van der Waals surface area (Å²) >= 11 is 2.71. The second-order valence-electron chi connectivity index (χ2n) is 23.6. The second kappa shape index (κ2) is 29.0. The van der Waals surface area contributed by atoms with Gasteiger partial charge in [0.15, 0.2) is 5.75 Å². The molecule has 464 valence electrons. The third kappa shape index (κ3) is 15.1. The first-order chi connectivity index (χ1) is 41.8. The van der Waals surface area contributed by atoms with Crippen LogP contribution in [0.25, 0.3) is 0 Å². The summed E-state index contributed by atoms with van der Waals surface area (Å²) in [5, 5.41) is 25.0. The van der Waals surface area contributed by atoms with Gasteiger partial charge < -0.3 is 51.8 Å². The lowest BCUT2D eigenvalue weighted by atomic mass is 9.83. The molecule has 1 unspecified atom stereocenters. The molecule has 5 heterocycles. The second-order valence-corrected chi connectivity index (χ2v) is 25.4. The summed E-state index contributed by atoms with van der Waals surface area (Å²) in [5.74, 6) is -1.42. The zero-order valence-electron chi connectivity index (χ0n) is 50.2. The van der Waals surface area contributed by atoms with E-state index in [4.69, 9.17) is 4.74 Å². The topological polar surface area (TPSA) is 296 Å². The highest BCUT2D eigenvalue weighted by atomic mass is 32.1. The van der Waals surface area contributed by atoms with E-state index in [-0.39, 0.29) is 106 Å². The van der Waals surface area contributed by atoms with Crippen LogP contribution in [0.1, 0.15) is 178 Å². The fraction of sp³-hybridized carbons (Fsp3) is 0.524. The molecule has 87 heavy (non-hydrogen) atoms. The van der Waals surface area contributed by atoms with Gasteiger partial charge in [-0.3, -0.25) is 47.9 Å². The summed E-state index contributed by atoms with van der Waals surface area (Å²) in [5.41, 5.74) is 0.945. The number of hydrogen-bond donors (Lipinski definition) is 7. The van der Waals surface area contributed by atoms with Gasteiger partial charge in [0.05, 0.1) is 36.7 Å². The summed E-state index contributed by atoms with van der Waals surface area (Å²) in [4.78, 5) is 141. The van der Waals surface area contributed by atoms with Gasteiger partial charge in [-0.1, -0.05) is 62.8 Å². The van der Waals surface area contributed by atoms with Crippen LogP contribution in [0, 0.1) is 11.8 Å². The third-order valence-corrected chi connectivity index (χ3v) is 19.1. The standard InChI is InChI=1S/C33H41N5O6S.C30H38N6O5S/c1-18(2)44-30-26(28(40)29(30)41)35-22-13-8-12-21(16-22)27(39)23-17-45-32(36-23)24-14-9-15-38(24)33(43)25(20-10-6-5-7-11-20)37-31(42)19(3)34-4;1-17(31-2)27(39)35-25(18-8-4-3-5-9-18)30(41)36-13-7-12-23(36)29-34-22(16-42-29)26(38)19-10-6-11-20(14-19)32-28(40)21-15-24(37)33-21/h8,12-13,16-20,24-25,34-35H,5-7,9-11,14-15H2,1-4H3,(H,37,42);6,10-11,14,16-18,21,23,25,31H,3-5,7-9,12-13,15H2,1-2H3,(H,32,40)(H,33,37)(H,35,39)/t19-,24-,25-;17-,21?,23-,25-/m00/s1. The van der Waals surface area contributed by atoms with Gasteiger partial charge in [0.2, 0.25) is 47.0 Å². The molecule has 24 heteroatoms. The number of ketones is 2. The molecule has 2 saturated carbocycles. The lowest BCUT2D eigenvalue weighted by Crippen LogP contribution is -2.55. The average molecular weight is 1230 g/mol. The van der Waals surface area contributed by atoms with Crippen LogP contribution in [0.3, 0.4) is 0 Å². The first-order valence-electron chi connectivity index (χ1n) is 30.5. The number of hydrogen-bond acceptors (Lipinski definition) is 18. The Balaban J connectivity index is 0.000000208. The van der Waals surface area contributed by atoms with E-state index < -0.39 is 41.1 Å². The number of benzene rings is 2. The Morgan fingerprint density at radius 2 is 1.07 bits per heavy atom. The number of nitrogens with one attached hydrogen (secondary N) is 7. The van der Waals surface area contributed by atoms with E-state index in [1.165, 1.54) is 22.7 Å². The average Bonchev–Trinajstić information content (AvgIpc) is 4.03. The van der Waals surface area contributed by atoms with Crippen molar-refractivity contribution in [3.8, 4) is 5.75 Å². The van der Waals surface area contributed by atoms with Crippen molar-refractivity contribution in [2.24, 2.45) is 11.8 Å². The molecule has 7 N–H and O–H groups in total. The molecule has 3 saturated heterocycles. The van der Waals surface area contributed by atoms with E-state index in [0.717, 1.165) is 89.9 Å². The Labute approximate surface area is 513 Å². The Morgan fingerprint density at radius 3 is 1.52 bits per heavy atom. The van der Waals surface area contributed by atoms with Crippen molar-refractivity contribution in [2.75, 3.05) is 37.8 Å². The van der Waals surface area contributed by atoms with E-state index in [1.807, 2.05) is 9.80 Å². The molecule has 0 bridgehead atoms. The molecule has 2 aliphatic carbocycles. The zero-order chi connectivity index (χ0) is 62.1. The van der Waals surface area contributed by atoms with Gasteiger partial charge in [-0.05, 0) is 129 Å². The fourth-order valence-corrected chi connectivity index (χ4v) is 13.9. The number of likely N-dealkylation sites (tertiary alicyclic amines) is 2. The number of ether oxygens (including phenoxy) is 1. The van der Waals surface area contributed by atoms with Gasteiger partial charge in [0, 0.05) is 46.4 Å². The van der Waals surface area contributed by atoms with Gasteiger partial charge >= 0.3 is 0 Å². The lowest BCUT2D eigenvalue weighted by Gasteiger charge is -2.35. The molecule has 0 spiro atoms. The van der Waals surface area contributed by atoms with Crippen LogP contribution in [-0.2, 0) is 28.8 Å². The summed E-state index contributed by atoms with van der Waals surface area (Å²) in [6, 6.07) is 10.2. The lowest BCUT2D eigenvalue weighted by molar-refractivity contribution is -0.139. The predicted octanol–water partition coefficient (Wildman–Crippen LogP) is 6.38. The van der Waals surface area contributed by atoms with Crippen molar-refractivity contribution < 1.29 is 43.1 Å². The maximum absolute atomic E-state index is 14.1. The highest BCUT2D eigenvalue weighted by molar-refractivity contribution is 7.10. The molecule has 6 amide bonds. The number of nitrogens with zero attached hydrogens (tertiary/aromatic N) is 4. The number of carbonyl (C=O) groups is 8. The summed E-state index contributed by atoms with van der Waals surface area (Å²) < 4.78 is 5.48. The van der Waals surface area contributed by atoms with Gasteiger partial charge in [-0.15, -0.1) is 22.7 Å². The van der Waals surface area contributed by atoms with Crippen molar-refractivity contribution >= 4 is 86.7 Å². The highest BCUT2D eigenvalue weighted by Gasteiger charge is 2.42. The van der Waals surface area contributed by atoms with E-state index in [0.29, 0.717) is 45.6 Å². The Morgan fingerprint density at radius 1 is 0.609 bits per heavy atom. The minimum absolute atomic E-state index is 0.00614. The first-order valence-corrected chi connectivity index (χ1v) is 32.2. The monoisotopic (exact) mass is 1230 g/mol. The van der Waals surface area contributed by atoms with Crippen molar-refractivity contribution in [2.45, 2.75) is 172 Å². The molecular formula is C63H79N11O11S2. The van der Waals surface area contributed by atoms with Crippen LogP contribution in [0.5, 0.6) is 5.75 Å². The van der Waals surface area contributed by atoms with Crippen molar-refractivity contribution in [1.82, 2.24) is 46.4 Å². The largest absolute Gasteiger partial charge is 0.485 e. The maximum atomic E-state index is 14.1. The summed E-state index contributed by atoms with van der Waals surface area (Å²) in [6.07, 6.45) is 13.1. The molecule has 10 rings (SSSR count). The van der Waals surface area contributed by atoms with Gasteiger partial charge in [-0.25, -0.2) is 9.97 Å². The quantitative estimate of drug-likeness (QED) is 0.0225. The number of thiazole rings is 2. The Kier molecular flexibility index (Phi) is 21.3. The molecule has 5 aliphatic rings. The number of β-lactam (4-membered cyclic amide) rings is 1. The maximum Gasteiger partial charge on any atom is 0.272 e. The normalized spacial score (nSPS) is 20.3. The zero-order valence-corrected chi connectivity index (χ0v) is 51.8. The van der Waals surface area contributed by atoms with Crippen LogP contribution in [-0.4, -0.2) is 130 Å². The number of likely N-dealkylation sites (N-methyl/N-ethyl adjacent to an activating group) is 2. The van der Waals surface area contributed by atoms with Crippen LogP contribution in [0.4, 0.5) is 17.1 Å². The molecule has 5 fully saturated rings. The van der Waals surface area contributed by atoms with Crippen LogP contribution in [0.15, 0.2) is 68.9 Å². The van der Waals surface area contributed by atoms with Crippen LogP contribution < -0.4 is 52.8 Å². The molecule has 5 aromatic rings. The van der Waals surface area contributed by atoms with Gasteiger partial charge in [-0.2, -0.15) is 0 Å². The van der Waals surface area contributed by atoms with E-state index >= 15 is 0 Å². The highest BCUT2D eigenvalue weighted by Crippen LogP contribution is 2.39. The molecular weight excluding hydrogens is 1150 g/mol. The molecule has 7 atom stereocenters. The summed E-state index contributed by atoms with van der Waals surface area (Å²) in [6.45, 7) is 8.24.